The number of hydrogen-bond acceptors (Lipinski definition) is 5. The molecule has 1 aromatic rings. The van der Waals surface area contributed by atoms with Crippen molar-refractivity contribution in [1.82, 2.24) is 14.5 Å². The maximum Gasteiger partial charge on any atom is 0.244 e. The molecule has 0 aromatic carbocycles. The first kappa shape index (κ1) is 15.4. The molecule has 3 rings (SSSR count). The molecule has 0 amide bonds. The minimum absolute atomic E-state index is 0.411. The smallest absolute Gasteiger partial charge is 0.244 e. The lowest BCUT2D eigenvalue weighted by atomic mass is 10.2. The summed E-state index contributed by atoms with van der Waals surface area (Å²) >= 11 is 1.51. The van der Waals surface area contributed by atoms with Gasteiger partial charge in [0.05, 0.1) is 4.90 Å². The fourth-order valence-corrected chi connectivity index (χ4v) is 6.32. The summed E-state index contributed by atoms with van der Waals surface area (Å²) < 4.78 is 27.7. The van der Waals surface area contributed by atoms with Gasteiger partial charge in [-0.1, -0.05) is 0 Å². The zero-order chi connectivity index (χ0) is 14.9. The maximum atomic E-state index is 13.0. The monoisotopic (exact) mass is 329 g/mol. The second-order valence-electron chi connectivity index (χ2n) is 5.79. The third-order valence-electron chi connectivity index (χ3n) is 4.43. The van der Waals surface area contributed by atoms with Crippen LogP contribution in [0.25, 0.3) is 0 Å². The lowest BCUT2D eigenvalue weighted by molar-refractivity contribution is 0.257. The molecular formula is C14H23N3O2S2. The van der Waals surface area contributed by atoms with Gasteiger partial charge in [-0.05, 0) is 50.8 Å². The summed E-state index contributed by atoms with van der Waals surface area (Å²) in [6.07, 6.45) is 3.25. The Balaban J connectivity index is 1.85. The Labute approximate surface area is 131 Å². The standard InChI is InChI=1S/C14H23N3O2S2/c1-15-10-13-14(5-9-20-13)21(18,19)17-8-3-7-16-6-2-4-12(16)11-17/h5,9,12,15H,2-4,6-8,10-11H2,1H3. The molecule has 21 heavy (non-hydrogen) atoms. The zero-order valence-electron chi connectivity index (χ0n) is 12.4. The molecule has 2 aliphatic heterocycles. The number of sulfonamides is 1. The molecule has 2 fully saturated rings. The van der Waals surface area contributed by atoms with Crippen LogP contribution >= 0.6 is 11.3 Å². The fourth-order valence-electron chi connectivity index (χ4n) is 3.38. The van der Waals surface area contributed by atoms with Gasteiger partial charge in [-0.25, -0.2) is 8.42 Å². The van der Waals surface area contributed by atoms with Crippen LogP contribution in [0.3, 0.4) is 0 Å². The first-order valence-corrected chi connectivity index (χ1v) is 9.90. The van der Waals surface area contributed by atoms with Crippen molar-refractivity contribution in [2.45, 2.75) is 36.7 Å². The second kappa shape index (κ2) is 6.34. The molecule has 118 valence electrons. The van der Waals surface area contributed by atoms with E-state index in [1.54, 1.807) is 10.4 Å². The minimum atomic E-state index is -3.36. The van der Waals surface area contributed by atoms with Gasteiger partial charge in [0.2, 0.25) is 10.0 Å². The molecule has 0 spiro atoms. The Morgan fingerprint density at radius 3 is 2.95 bits per heavy atom. The molecule has 0 bridgehead atoms. The van der Waals surface area contributed by atoms with Gasteiger partial charge in [0.15, 0.2) is 0 Å². The van der Waals surface area contributed by atoms with Crippen molar-refractivity contribution in [3.8, 4) is 0 Å². The van der Waals surface area contributed by atoms with E-state index >= 15 is 0 Å². The molecule has 2 aliphatic rings. The summed E-state index contributed by atoms with van der Waals surface area (Å²) in [5.41, 5.74) is 0. The molecule has 0 radical (unpaired) electrons. The second-order valence-corrected chi connectivity index (χ2v) is 8.69. The molecule has 3 heterocycles. The van der Waals surface area contributed by atoms with Crippen molar-refractivity contribution in [3.05, 3.63) is 16.3 Å². The number of thiophene rings is 1. The lowest BCUT2D eigenvalue weighted by Crippen LogP contribution is -2.39. The van der Waals surface area contributed by atoms with E-state index in [0.29, 0.717) is 30.6 Å². The normalized spacial score (nSPS) is 24.9. The topological polar surface area (TPSA) is 52.7 Å². The summed E-state index contributed by atoms with van der Waals surface area (Å²) in [4.78, 5) is 3.86. The van der Waals surface area contributed by atoms with E-state index in [0.717, 1.165) is 30.8 Å². The average molecular weight is 329 g/mol. The number of nitrogens with zero attached hydrogens (tertiary/aromatic N) is 2. The summed E-state index contributed by atoms with van der Waals surface area (Å²) in [5, 5.41) is 4.93. The van der Waals surface area contributed by atoms with Gasteiger partial charge < -0.3 is 5.32 Å². The number of hydrogen-bond donors (Lipinski definition) is 1. The predicted octanol–water partition coefficient (Wildman–Crippen LogP) is 1.33. The molecule has 2 saturated heterocycles. The van der Waals surface area contributed by atoms with Gasteiger partial charge in [-0.2, -0.15) is 4.31 Å². The van der Waals surface area contributed by atoms with E-state index in [4.69, 9.17) is 0 Å². The first-order valence-electron chi connectivity index (χ1n) is 7.58. The number of nitrogens with one attached hydrogen (secondary N) is 1. The molecule has 1 N–H and O–H groups in total. The van der Waals surface area contributed by atoms with Crippen molar-refractivity contribution in [2.75, 3.05) is 33.2 Å². The van der Waals surface area contributed by atoms with Crippen LogP contribution in [0.1, 0.15) is 24.1 Å². The largest absolute Gasteiger partial charge is 0.315 e. The van der Waals surface area contributed by atoms with Gasteiger partial charge in [0.25, 0.3) is 0 Å². The van der Waals surface area contributed by atoms with Crippen LogP contribution in [-0.2, 0) is 16.6 Å². The molecular weight excluding hydrogens is 306 g/mol. The first-order chi connectivity index (χ1) is 10.1. The molecule has 1 aromatic heterocycles. The Hall–Kier alpha value is -0.470. The Bertz CT molecular complexity index is 585. The van der Waals surface area contributed by atoms with Crippen LogP contribution in [0.15, 0.2) is 16.3 Å². The van der Waals surface area contributed by atoms with Crippen molar-refractivity contribution >= 4 is 21.4 Å². The Morgan fingerprint density at radius 1 is 1.33 bits per heavy atom. The van der Waals surface area contributed by atoms with Crippen molar-refractivity contribution in [2.24, 2.45) is 0 Å². The van der Waals surface area contributed by atoms with Crippen LogP contribution in [0, 0.1) is 0 Å². The van der Waals surface area contributed by atoms with E-state index in [2.05, 4.69) is 10.2 Å². The highest BCUT2D eigenvalue weighted by Crippen LogP contribution is 2.29. The van der Waals surface area contributed by atoms with Gasteiger partial charge >= 0.3 is 0 Å². The van der Waals surface area contributed by atoms with E-state index in [1.165, 1.54) is 17.8 Å². The van der Waals surface area contributed by atoms with Crippen LogP contribution in [-0.4, -0.2) is 56.9 Å². The highest BCUT2D eigenvalue weighted by Gasteiger charge is 2.35. The third kappa shape index (κ3) is 3.03. The van der Waals surface area contributed by atoms with Crippen LogP contribution < -0.4 is 5.32 Å². The molecule has 1 atom stereocenters. The quantitative estimate of drug-likeness (QED) is 0.905. The lowest BCUT2D eigenvalue weighted by Gasteiger charge is -2.25. The van der Waals surface area contributed by atoms with Gasteiger partial charge in [-0.15, -0.1) is 11.3 Å². The Kier molecular flexibility index (Phi) is 4.66. The van der Waals surface area contributed by atoms with Crippen molar-refractivity contribution < 1.29 is 8.42 Å². The highest BCUT2D eigenvalue weighted by molar-refractivity contribution is 7.89. The molecule has 0 aliphatic carbocycles. The summed E-state index contributed by atoms with van der Waals surface area (Å²) in [7, 11) is -1.51. The summed E-state index contributed by atoms with van der Waals surface area (Å²) in [6.45, 7) is 4.06. The van der Waals surface area contributed by atoms with Gasteiger partial charge in [0, 0.05) is 30.6 Å². The average Bonchev–Trinajstić information content (AvgIpc) is 3.04. The number of rotatable bonds is 4. The fraction of sp³-hybridized carbons (Fsp3) is 0.714. The van der Waals surface area contributed by atoms with E-state index in [9.17, 15) is 8.42 Å². The summed E-state index contributed by atoms with van der Waals surface area (Å²) in [5.74, 6) is 0. The van der Waals surface area contributed by atoms with E-state index in [1.807, 2.05) is 12.4 Å². The number of fused-ring (bicyclic) bond motifs is 1. The van der Waals surface area contributed by atoms with Crippen LogP contribution in [0.5, 0.6) is 0 Å². The Morgan fingerprint density at radius 2 is 2.14 bits per heavy atom. The molecule has 7 heteroatoms. The summed E-state index contributed by atoms with van der Waals surface area (Å²) in [6, 6.07) is 2.16. The zero-order valence-corrected chi connectivity index (χ0v) is 14.0. The predicted molar refractivity (Wildman–Crippen MR) is 85.1 cm³/mol. The van der Waals surface area contributed by atoms with Crippen LogP contribution in [0.4, 0.5) is 0 Å². The SMILES string of the molecule is CNCc1sccc1S(=O)(=O)N1CCCN2CCCC2C1. The van der Waals surface area contributed by atoms with Gasteiger partial charge in [0.1, 0.15) is 0 Å². The highest BCUT2D eigenvalue weighted by atomic mass is 32.2. The molecule has 0 saturated carbocycles. The van der Waals surface area contributed by atoms with E-state index < -0.39 is 10.0 Å². The maximum absolute atomic E-state index is 13.0. The van der Waals surface area contributed by atoms with Gasteiger partial charge in [-0.3, -0.25) is 4.90 Å². The molecule has 1 unspecified atom stereocenters. The van der Waals surface area contributed by atoms with Crippen molar-refractivity contribution in [1.29, 1.82) is 0 Å². The van der Waals surface area contributed by atoms with E-state index in [-0.39, 0.29) is 0 Å². The third-order valence-corrected chi connectivity index (χ3v) is 7.43. The van der Waals surface area contributed by atoms with Crippen LogP contribution in [0.2, 0.25) is 0 Å². The van der Waals surface area contributed by atoms with Crippen molar-refractivity contribution in [3.63, 3.8) is 0 Å². The molecule has 5 nitrogen and oxygen atoms in total. The minimum Gasteiger partial charge on any atom is -0.315 e.